The van der Waals surface area contributed by atoms with E-state index in [0.717, 1.165) is 31.9 Å². The second kappa shape index (κ2) is 11.1. The van der Waals surface area contributed by atoms with Crippen LogP contribution < -0.4 is 20.1 Å². The maximum atomic E-state index is 13.1. The van der Waals surface area contributed by atoms with Gasteiger partial charge in [0.15, 0.2) is 15.1 Å². The van der Waals surface area contributed by atoms with Crippen molar-refractivity contribution in [3.63, 3.8) is 0 Å². The first kappa shape index (κ1) is 27.6. The zero-order chi connectivity index (χ0) is 27.5. The molecule has 2 heterocycles. The summed E-state index contributed by atoms with van der Waals surface area (Å²) in [5.41, 5.74) is 0.370. The van der Waals surface area contributed by atoms with Gasteiger partial charge in [-0.05, 0) is 41.5 Å². The van der Waals surface area contributed by atoms with Crippen molar-refractivity contribution >= 4 is 53.8 Å². The number of sulfone groups is 1. The fourth-order valence-electron chi connectivity index (χ4n) is 3.89. The smallest absolute Gasteiger partial charge is 0.325 e. The van der Waals surface area contributed by atoms with Gasteiger partial charge >= 0.3 is 6.03 Å². The molecule has 0 atom stereocenters. The van der Waals surface area contributed by atoms with E-state index in [2.05, 4.69) is 41.0 Å². The Labute approximate surface area is 221 Å². The molecule has 4 N–H and O–H groups in total. The van der Waals surface area contributed by atoms with Crippen molar-refractivity contribution in [2.45, 2.75) is 41.6 Å². The van der Waals surface area contributed by atoms with E-state index in [1.165, 1.54) is 13.2 Å². The number of sulfonamides is 1. The molecule has 1 aromatic carbocycles. The number of Topliss-reactive ketones (excluding diaryl/α,β-unsaturated/α-hetero) is 1. The molecule has 38 heavy (non-hydrogen) atoms. The molecule has 0 saturated heterocycles. The molecule has 0 radical (unpaired) electrons. The summed E-state index contributed by atoms with van der Waals surface area (Å²) in [6, 6.07) is 3.90. The van der Waals surface area contributed by atoms with Gasteiger partial charge < -0.3 is 10.1 Å². The average Bonchev–Trinajstić information content (AvgIpc) is 3.64. The molecular weight excluding hydrogens is 560 g/mol. The maximum absolute atomic E-state index is 13.1. The number of thiazole rings is 1. The highest BCUT2D eigenvalue weighted by Gasteiger charge is 2.30. The van der Waals surface area contributed by atoms with Gasteiger partial charge in [-0.1, -0.05) is 29.3 Å². The van der Waals surface area contributed by atoms with E-state index in [-0.39, 0.29) is 32.4 Å². The first-order valence-electron chi connectivity index (χ1n) is 11.2. The fraction of sp³-hybridized carbons (Fsp3) is 0.400. The van der Waals surface area contributed by atoms with E-state index in [4.69, 9.17) is 4.74 Å². The van der Waals surface area contributed by atoms with Crippen molar-refractivity contribution in [1.29, 1.82) is 0 Å². The third kappa shape index (κ3) is 6.32. The van der Waals surface area contributed by atoms with Crippen LogP contribution in [0.5, 0.6) is 5.75 Å². The number of anilines is 2. The van der Waals surface area contributed by atoms with Crippen LogP contribution in [-0.4, -0.2) is 67.6 Å². The Kier molecular flexibility index (Phi) is 8.05. The Morgan fingerprint density at radius 3 is 2.53 bits per heavy atom. The van der Waals surface area contributed by atoms with E-state index in [1.807, 2.05) is 0 Å². The normalized spacial score (nSPS) is 14.4. The number of carbonyl (C=O) groups is 2. The molecule has 3 aromatic rings. The summed E-state index contributed by atoms with van der Waals surface area (Å²) >= 11 is 0.583. The first-order valence-corrected chi connectivity index (χ1v) is 15.4. The van der Waals surface area contributed by atoms with Gasteiger partial charge in [-0.25, -0.2) is 36.4 Å². The van der Waals surface area contributed by atoms with Gasteiger partial charge in [-0.15, -0.1) is 0 Å². The van der Waals surface area contributed by atoms with Crippen molar-refractivity contribution in [2.75, 3.05) is 24.0 Å². The standard InChI is InChI=1S/C20H24N8O7S3/c1-35-12-7-8-14(13(9-12)16(29)11-5-3-4-6-11)22-18(30)24-19-23-15(10-21-37(2,31)32)17(36-19)38(33,34)20-25-27-28-26-20/h7-9,11,21H,3-6,10H2,1-2H3,(H2,22,23,24,30)(H,25,26,27,28). The number of benzene rings is 1. The minimum absolute atomic E-state index is 0.103. The molecule has 1 fully saturated rings. The number of hydrogen-bond acceptors (Lipinski definition) is 12. The Hall–Kier alpha value is -3.48. The molecule has 0 bridgehead atoms. The molecule has 1 saturated carbocycles. The third-order valence-electron chi connectivity index (χ3n) is 5.67. The van der Waals surface area contributed by atoms with Crippen molar-refractivity contribution in [3.05, 3.63) is 29.5 Å². The molecule has 2 amide bonds. The maximum Gasteiger partial charge on any atom is 0.325 e. The van der Waals surface area contributed by atoms with Crippen molar-refractivity contribution < 1.29 is 31.2 Å². The minimum atomic E-state index is -4.30. The van der Waals surface area contributed by atoms with Gasteiger partial charge in [0.1, 0.15) is 5.75 Å². The summed E-state index contributed by atoms with van der Waals surface area (Å²) in [5.74, 6) is 0.207. The average molecular weight is 585 g/mol. The zero-order valence-electron chi connectivity index (χ0n) is 20.2. The second-order valence-corrected chi connectivity index (χ2v) is 13.3. The van der Waals surface area contributed by atoms with E-state index in [0.29, 0.717) is 22.6 Å². The third-order valence-corrected chi connectivity index (χ3v) is 9.47. The van der Waals surface area contributed by atoms with Crippen LogP contribution in [0.15, 0.2) is 27.6 Å². The lowest BCUT2D eigenvalue weighted by Crippen LogP contribution is -2.23. The van der Waals surface area contributed by atoms with E-state index in [1.54, 1.807) is 12.1 Å². The quantitative estimate of drug-likeness (QED) is 0.251. The van der Waals surface area contributed by atoms with Gasteiger partial charge in [-0.2, -0.15) is 0 Å². The van der Waals surface area contributed by atoms with Crippen molar-refractivity contribution in [2.24, 2.45) is 5.92 Å². The molecule has 2 aromatic heterocycles. The van der Waals surface area contributed by atoms with Gasteiger partial charge in [0.25, 0.3) is 15.0 Å². The first-order chi connectivity index (χ1) is 18.0. The molecular formula is C20H24N8O7S3. The topological polar surface area (TPSA) is 215 Å². The number of carbonyl (C=O) groups excluding carboxylic acids is 2. The highest BCUT2D eigenvalue weighted by atomic mass is 32.2. The summed E-state index contributed by atoms with van der Waals surface area (Å²) in [5, 5.41) is 16.4. The lowest BCUT2D eigenvalue weighted by molar-refractivity contribution is 0.0923. The van der Waals surface area contributed by atoms with Crippen LogP contribution in [0.4, 0.5) is 15.6 Å². The minimum Gasteiger partial charge on any atom is -0.497 e. The molecule has 1 aliphatic rings. The predicted octanol–water partition coefficient (Wildman–Crippen LogP) is 1.56. The van der Waals surface area contributed by atoms with Gasteiger partial charge in [-0.3, -0.25) is 10.1 Å². The summed E-state index contributed by atoms with van der Waals surface area (Å²) < 4.78 is 56.1. The molecule has 18 heteroatoms. The van der Waals surface area contributed by atoms with E-state index < -0.39 is 37.6 Å². The van der Waals surface area contributed by atoms with E-state index in [9.17, 15) is 26.4 Å². The summed E-state index contributed by atoms with van der Waals surface area (Å²) in [7, 11) is -6.52. The monoisotopic (exact) mass is 584 g/mol. The Morgan fingerprint density at radius 1 is 1.16 bits per heavy atom. The molecule has 4 rings (SSSR count). The molecule has 0 spiro atoms. The predicted molar refractivity (Wildman–Crippen MR) is 135 cm³/mol. The lowest BCUT2D eigenvalue weighted by Gasteiger charge is -2.15. The largest absolute Gasteiger partial charge is 0.497 e. The molecule has 0 aliphatic heterocycles. The summed E-state index contributed by atoms with van der Waals surface area (Å²) in [4.78, 5) is 30.1. The number of tetrazole rings is 1. The number of aromatic amines is 1. The van der Waals surface area contributed by atoms with Crippen LogP contribution in [0.1, 0.15) is 41.7 Å². The number of ketones is 1. The Bertz CT molecular complexity index is 1550. The molecule has 1 aliphatic carbocycles. The Morgan fingerprint density at radius 2 is 1.89 bits per heavy atom. The number of hydrogen-bond donors (Lipinski definition) is 4. The van der Waals surface area contributed by atoms with Crippen LogP contribution >= 0.6 is 11.3 Å². The lowest BCUT2D eigenvalue weighted by atomic mass is 9.95. The van der Waals surface area contributed by atoms with Crippen molar-refractivity contribution in [1.82, 2.24) is 30.3 Å². The number of urea groups is 1. The van der Waals surface area contributed by atoms with Gasteiger partial charge in [0, 0.05) is 11.5 Å². The van der Waals surface area contributed by atoms with Crippen LogP contribution in [0.25, 0.3) is 0 Å². The highest BCUT2D eigenvalue weighted by molar-refractivity contribution is 7.93. The number of nitrogens with zero attached hydrogens (tertiary/aromatic N) is 4. The molecule has 204 valence electrons. The van der Waals surface area contributed by atoms with Crippen LogP contribution in [-0.2, 0) is 26.4 Å². The fourth-order valence-corrected chi connectivity index (χ4v) is 6.82. The summed E-state index contributed by atoms with van der Waals surface area (Å²) in [6.07, 6.45) is 4.35. The van der Waals surface area contributed by atoms with Crippen LogP contribution in [0.3, 0.4) is 0 Å². The zero-order valence-corrected chi connectivity index (χ0v) is 22.7. The molecule has 0 unspecified atom stereocenters. The number of aromatic nitrogens is 5. The van der Waals surface area contributed by atoms with E-state index >= 15 is 0 Å². The van der Waals surface area contributed by atoms with Crippen LogP contribution in [0, 0.1) is 5.92 Å². The van der Waals surface area contributed by atoms with Crippen LogP contribution in [0.2, 0.25) is 0 Å². The number of methoxy groups -OCH3 is 1. The number of ether oxygens (including phenoxy) is 1. The van der Waals surface area contributed by atoms with Crippen molar-refractivity contribution in [3.8, 4) is 5.75 Å². The second-order valence-electron chi connectivity index (χ2n) is 8.39. The number of H-pyrrole nitrogens is 1. The summed E-state index contributed by atoms with van der Waals surface area (Å²) in [6.45, 7) is -0.465. The number of rotatable bonds is 10. The molecule has 15 nitrogen and oxygen atoms in total. The Balaban J connectivity index is 1.59. The van der Waals surface area contributed by atoms with Gasteiger partial charge in [0.05, 0.1) is 31.3 Å². The number of nitrogens with one attached hydrogen (secondary N) is 4. The number of amides is 2. The highest BCUT2D eigenvalue weighted by Crippen LogP contribution is 2.33. The SMILES string of the molecule is COc1ccc(NC(=O)Nc2nc(CNS(C)(=O)=O)c(S(=O)(=O)c3nnn[nH]3)s2)c(C(=O)C2CCCC2)c1. The van der Waals surface area contributed by atoms with Gasteiger partial charge in [0.2, 0.25) is 10.0 Å².